The molecule has 0 aromatic heterocycles. The van der Waals surface area contributed by atoms with Gasteiger partial charge in [-0.1, -0.05) is 113 Å². The second-order valence-corrected chi connectivity index (χ2v) is 16.6. The molecule has 8 rings (SSSR count). The Morgan fingerprint density at radius 1 is 0.217 bits per heavy atom. The standard InChI is InChI=1S/C57H55N3/c1-38-10-20-49(21-11-38)58(50-22-12-39(2)13-23-50)52-26-16-47(17-27-52)48-18-28-53(29-19-48)59(51-24-14-40(3)15-25-51)54-30-32-55(33-31-54)60(56-43(6)34-41(4)35-44(56)7)57-45(8)36-42(5)37-46(57)9/h10-37H,1-9H3. The van der Waals surface area contributed by atoms with E-state index in [2.05, 4.69) is 247 Å². The number of anilines is 9. The number of rotatable bonds is 10. The molecule has 0 saturated carbocycles. The van der Waals surface area contributed by atoms with Crippen molar-refractivity contribution < 1.29 is 0 Å². The lowest BCUT2D eigenvalue weighted by Crippen LogP contribution is -2.16. The molecule has 0 saturated heterocycles. The van der Waals surface area contributed by atoms with Crippen molar-refractivity contribution in [1.82, 2.24) is 0 Å². The van der Waals surface area contributed by atoms with Crippen LogP contribution in [0.1, 0.15) is 50.1 Å². The lowest BCUT2D eigenvalue weighted by molar-refractivity contribution is 1.16. The summed E-state index contributed by atoms with van der Waals surface area (Å²) < 4.78 is 0. The van der Waals surface area contributed by atoms with Gasteiger partial charge in [-0.15, -0.1) is 0 Å². The van der Waals surface area contributed by atoms with Gasteiger partial charge in [0.25, 0.3) is 0 Å². The average molecular weight is 782 g/mol. The molecule has 0 atom stereocenters. The van der Waals surface area contributed by atoms with E-state index in [1.54, 1.807) is 0 Å². The molecule has 0 aliphatic rings. The zero-order chi connectivity index (χ0) is 42.1. The van der Waals surface area contributed by atoms with Gasteiger partial charge in [-0.3, -0.25) is 0 Å². The van der Waals surface area contributed by atoms with Gasteiger partial charge in [0.15, 0.2) is 0 Å². The number of aryl methyl sites for hydroxylation is 9. The summed E-state index contributed by atoms with van der Waals surface area (Å²) >= 11 is 0. The number of nitrogens with zero attached hydrogens (tertiary/aromatic N) is 3. The molecule has 0 amide bonds. The van der Waals surface area contributed by atoms with E-state index in [-0.39, 0.29) is 0 Å². The Morgan fingerprint density at radius 3 is 0.667 bits per heavy atom. The minimum Gasteiger partial charge on any atom is -0.311 e. The second-order valence-electron chi connectivity index (χ2n) is 16.6. The quantitative estimate of drug-likeness (QED) is 0.137. The van der Waals surface area contributed by atoms with Crippen LogP contribution in [0.25, 0.3) is 11.1 Å². The van der Waals surface area contributed by atoms with E-state index in [4.69, 9.17) is 0 Å². The lowest BCUT2D eigenvalue weighted by Gasteiger charge is -2.32. The topological polar surface area (TPSA) is 9.72 Å². The zero-order valence-electron chi connectivity index (χ0n) is 36.5. The van der Waals surface area contributed by atoms with E-state index < -0.39 is 0 Å². The van der Waals surface area contributed by atoms with Gasteiger partial charge in [0.2, 0.25) is 0 Å². The van der Waals surface area contributed by atoms with Crippen LogP contribution >= 0.6 is 0 Å². The summed E-state index contributed by atoms with van der Waals surface area (Å²) in [6, 6.07) is 62.5. The lowest BCUT2D eigenvalue weighted by atomic mass is 9.98. The van der Waals surface area contributed by atoms with Crippen LogP contribution in [0.4, 0.5) is 51.2 Å². The van der Waals surface area contributed by atoms with Crippen molar-refractivity contribution in [3.63, 3.8) is 0 Å². The summed E-state index contributed by atoms with van der Waals surface area (Å²) in [4.78, 5) is 7.14. The third-order valence-electron chi connectivity index (χ3n) is 11.5. The average Bonchev–Trinajstić information content (AvgIpc) is 3.23. The van der Waals surface area contributed by atoms with E-state index in [0.717, 1.165) is 39.8 Å². The molecule has 0 unspecified atom stereocenters. The monoisotopic (exact) mass is 781 g/mol. The highest BCUT2D eigenvalue weighted by Crippen LogP contribution is 2.44. The van der Waals surface area contributed by atoms with Crippen LogP contribution in [0.3, 0.4) is 0 Å². The predicted octanol–water partition coefficient (Wildman–Crippen LogP) is 16.5. The summed E-state index contributed by atoms with van der Waals surface area (Å²) in [5.74, 6) is 0. The predicted molar refractivity (Wildman–Crippen MR) is 259 cm³/mol. The van der Waals surface area contributed by atoms with E-state index in [9.17, 15) is 0 Å². The molecule has 0 N–H and O–H groups in total. The normalized spacial score (nSPS) is 11.1. The number of hydrogen-bond donors (Lipinski definition) is 0. The Morgan fingerprint density at radius 2 is 0.417 bits per heavy atom. The SMILES string of the molecule is Cc1ccc(N(c2ccc(C)cc2)c2ccc(-c3ccc(N(c4ccc(C)cc4)c4ccc(N(c5c(C)cc(C)cc5C)c5c(C)cc(C)cc5C)cc4)cc3)cc2)cc1. The van der Waals surface area contributed by atoms with Crippen molar-refractivity contribution in [2.75, 3.05) is 14.7 Å². The molecule has 0 heterocycles. The summed E-state index contributed by atoms with van der Waals surface area (Å²) in [6.45, 7) is 19.7. The molecule has 0 aliphatic heterocycles. The molecule has 8 aromatic carbocycles. The molecule has 3 nitrogen and oxygen atoms in total. The van der Waals surface area contributed by atoms with Gasteiger partial charge in [-0.05, 0) is 181 Å². The van der Waals surface area contributed by atoms with Gasteiger partial charge in [-0.2, -0.15) is 0 Å². The molecule has 8 aromatic rings. The fourth-order valence-electron chi connectivity index (χ4n) is 8.75. The molecular weight excluding hydrogens is 727 g/mol. The highest BCUT2D eigenvalue weighted by Gasteiger charge is 2.22. The van der Waals surface area contributed by atoms with Crippen LogP contribution in [0.5, 0.6) is 0 Å². The van der Waals surface area contributed by atoms with E-state index in [1.165, 1.54) is 72.6 Å². The molecule has 0 fully saturated rings. The van der Waals surface area contributed by atoms with Crippen LogP contribution in [0, 0.1) is 62.3 Å². The highest BCUT2D eigenvalue weighted by molar-refractivity contribution is 5.86. The Kier molecular flexibility index (Phi) is 11.2. The molecule has 60 heavy (non-hydrogen) atoms. The van der Waals surface area contributed by atoms with Gasteiger partial charge in [0, 0.05) is 39.8 Å². The number of benzene rings is 8. The molecule has 0 radical (unpaired) electrons. The molecule has 0 aliphatic carbocycles. The minimum absolute atomic E-state index is 1.10. The Balaban J connectivity index is 1.14. The van der Waals surface area contributed by atoms with Crippen LogP contribution in [-0.2, 0) is 0 Å². The largest absolute Gasteiger partial charge is 0.311 e. The smallest absolute Gasteiger partial charge is 0.0520 e. The van der Waals surface area contributed by atoms with Crippen molar-refractivity contribution in [2.45, 2.75) is 62.3 Å². The van der Waals surface area contributed by atoms with Crippen LogP contribution in [0.15, 0.2) is 170 Å². The fraction of sp³-hybridized carbons (Fsp3) is 0.158. The second kappa shape index (κ2) is 16.8. The maximum atomic E-state index is 2.47. The van der Waals surface area contributed by atoms with Crippen LogP contribution in [0.2, 0.25) is 0 Å². The number of hydrogen-bond acceptors (Lipinski definition) is 3. The first-order valence-corrected chi connectivity index (χ1v) is 21.0. The van der Waals surface area contributed by atoms with Crippen LogP contribution in [-0.4, -0.2) is 0 Å². The Labute approximate surface area is 357 Å². The van der Waals surface area contributed by atoms with Gasteiger partial charge in [-0.25, -0.2) is 0 Å². The van der Waals surface area contributed by atoms with Gasteiger partial charge < -0.3 is 14.7 Å². The maximum absolute atomic E-state index is 2.47. The summed E-state index contributed by atoms with van der Waals surface area (Å²) in [6.07, 6.45) is 0. The van der Waals surface area contributed by atoms with Gasteiger partial charge >= 0.3 is 0 Å². The molecule has 0 spiro atoms. The first-order valence-electron chi connectivity index (χ1n) is 21.0. The first kappa shape index (κ1) is 40.0. The van der Waals surface area contributed by atoms with Crippen LogP contribution < -0.4 is 14.7 Å². The van der Waals surface area contributed by atoms with E-state index in [0.29, 0.717) is 0 Å². The molecule has 298 valence electrons. The minimum atomic E-state index is 1.10. The maximum Gasteiger partial charge on any atom is 0.0520 e. The fourth-order valence-corrected chi connectivity index (χ4v) is 8.75. The Hall–Kier alpha value is -6.84. The Bertz CT molecular complexity index is 2600. The molecule has 3 heteroatoms. The third kappa shape index (κ3) is 8.22. The van der Waals surface area contributed by atoms with Crippen molar-refractivity contribution in [3.8, 4) is 11.1 Å². The summed E-state index contributed by atoms with van der Waals surface area (Å²) in [7, 11) is 0. The van der Waals surface area contributed by atoms with E-state index >= 15 is 0 Å². The van der Waals surface area contributed by atoms with Crippen molar-refractivity contribution in [2.24, 2.45) is 0 Å². The van der Waals surface area contributed by atoms with Crippen molar-refractivity contribution in [1.29, 1.82) is 0 Å². The van der Waals surface area contributed by atoms with Crippen molar-refractivity contribution in [3.05, 3.63) is 220 Å². The van der Waals surface area contributed by atoms with Gasteiger partial charge in [0.05, 0.1) is 11.4 Å². The highest BCUT2D eigenvalue weighted by atomic mass is 15.2. The summed E-state index contributed by atoms with van der Waals surface area (Å²) in [5, 5.41) is 0. The van der Waals surface area contributed by atoms with Gasteiger partial charge in [0.1, 0.15) is 0 Å². The zero-order valence-corrected chi connectivity index (χ0v) is 36.5. The third-order valence-corrected chi connectivity index (χ3v) is 11.5. The first-order chi connectivity index (χ1) is 28.9. The van der Waals surface area contributed by atoms with E-state index in [1.807, 2.05) is 0 Å². The molecular formula is C57H55N3. The molecule has 0 bridgehead atoms. The van der Waals surface area contributed by atoms with Crippen molar-refractivity contribution >= 4 is 51.2 Å². The summed E-state index contributed by atoms with van der Waals surface area (Å²) in [5.41, 5.74) is 24.0.